The zero-order chi connectivity index (χ0) is 23.4. The van der Waals surface area contributed by atoms with Gasteiger partial charge in [-0.15, -0.1) is 0 Å². The highest BCUT2D eigenvalue weighted by Crippen LogP contribution is 2.20. The SMILES string of the molecule is Cc1ccc(C(=O)NCCc2nc3ccccc3n2CC(=O)Nc2cccc(C)c2C)cc1. The van der Waals surface area contributed by atoms with E-state index >= 15 is 0 Å². The number of hydrogen-bond acceptors (Lipinski definition) is 3. The number of carbonyl (C=O) groups is 2. The van der Waals surface area contributed by atoms with E-state index in [0.29, 0.717) is 18.5 Å². The van der Waals surface area contributed by atoms with Gasteiger partial charge in [-0.1, -0.05) is 42.0 Å². The molecule has 4 rings (SSSR count). The van der Waals surface area contributed by atoms with E-state index in [1.807, 2.05) is 92.1 Å². The van der Waals surface area contributed by atoms with Crippen molar-refractivity contribution in [2.75, 3.05) is 11.9 Å². The minimum Gasteiger partial charge on any atom is -0.352 e. The molecule has 1 heterocycles. The van der Waals surface area contributed by atoms with Crippen LogP contribution >= 0.6 is 0 Å². The lowest BCUT2D eigenvalue weighted by molar-refractivity contribution is -0.116. The fourth-order valence-corrected chi connectivity index (χ4v) is 3.81. The fraction of sp³-hybridized carbons (Fsp3) is 0.222. The number of benzene rings is 3. The van der Waals surface area contributed by atoms with E-state index in [4.69, 9.17) is 4.98 Å². The fourth-order valence-electron chi connectivity index (χ4n) is 3.81. The minimum absolute atomic E-state index is 0.114. The van der Waals surface area contributed by atoms with Gasteiger partial charge < -0.3 is 15.2 Å². The number of aromatic nitrogens is 2. The third-order valence-electron chi connectivity index (χ3n) is 5.86. The average molecular weight is 441 g/mol. The largest absolute Gasteiger partial charge is 0.352 e. The molecule has 0 atom stereocenters. The summed E-state index contributed by atoms with van der Waals surface area (Å²) in [5.74, 6) is 0.527. The van der Waals surface area contributed by atoms with Gasteiger partial charge in [0.1, 0.15) is 12.4 Å². The molecule has 0 aliphatic heterocycles. The minimum atomic E-state index is -0.120. The maximum Gasteiger partial charge on any atom is 0.251 e. The number of hydrogen-bond donors (Lipinski definition) is 2. The molecule has 6 heteroatoms. The number of fused-ring (bicyclic) bond motifs is 1. The Kier molecular flexibility index (Phi) is 6.54. The van der Waals surface area contributed by atoms with Gasteiger partial charge in [0.15, 0.2) is 0 Å². The number of aryl methyl sites for hydroxylation is 2. The molecule has 3 aromatic carbocycles. The monoisotopic (exact) mass is 440 g/mol. The number of anilines is 1. The molecule has 0 radical (unpaired) electrons. The van der Waals surface area contributed by atoms with E-state index < -0.39 is 0 Å². The second kappa shape index (κ2) is 9.69. The second-order valence-electron chi connectivity index (χ2n) is 8.27. The van der Waals surface area contributed by atoms with E-state index in [9.17, 15) is 9.59 Å². The van der Waals surface area contributed by atoms with E-state index in [1.165, 1.54) is 0 Å². The van der Waals surface area contributed by atoms with Crippen LogP contribution in [0.2, 0.25) is 0 Å². The molecule has 2 N–H and O–H groups in total. The van der Waals surface area contributed by atoms with Crippen LogP contribution in [0.25, 0.3) is 11.0 Å². The van der Waals surface area contributed by atoms with E-state index in [2.05, 4.69) is 10.6 Å². The van der Waals surface area contributed by atoms with Gasteiger partial charge in [-0.25, -0.2) is 4.98 Å². The number of amides is 2. The summed E-state index contributed by atoms with van der Waals surface area (Å²) >= 11 is 0. The smallest absolute Gasteiger partial charge is 0.251 e. The van der Waals surface area contributed by atoms with Crippen LogP contribution in [-0.4, -0.2) is 27.9 Å². The molecule has 2 amide bonds. The maximum atomic E-state index is 12.9. The van der Waals surface area contributed by atoms with E-state index in [0.717, 1.165) is 39.2 Å². The normalized spacial score (nSPS) is 10.9. The lowest BCUT2D eigenvalue weighted by Gasteiger charge is -2.13. The molecule has 1 aromatic heterocycles. The van der Waals surface area contributed by atoms with Crippen LogP contribution in [0.15, 0.2) is 66.7 Å². The van der Waals surface area contributed by atoms with Crippen LogP contribution in [0.4, 0.5) is 5.69 Å². The van der Waals surface area contributed by atoms with Crippen molar-refractivity contribution >= 4 is 28.5 Å². The van der Waals surface area contributed by atoms with E-state index in [1.54, 1.807) is 0 Å². The van der Waals surface area contributed by atoms with Gasteiger partial charge >= 0.3 is 0 Å². The Bertz CT molecular complexity index is 1310. The molecule has 0 saturated heterocycles. The Balaban J connectivity index is 1.48. The molecule has 4 aromatic rings. The van der Waals surface area contributed by atoms with Crippen LogP contribution in [0.1, 0.15) is 32.9 Å². The van der Waals surface area contributed by atoms with Crippen LogP contribution < -0.4 is 10.6 Å². The quantitative estimate of drug-likeness (QED) is 0.442. The summed E-state index contributed by atoms with van der Waals surface area (Å²) in [6, 6.07) is 21.1. The van der Waals surface area contributed by atoms with Crippen molar-refractivity contribution in [2.24, 2.45) is 0 Å². The number of para-hydroxylation sites is 2. The summed E-state index contributed by atoms with van der Waals surface area (Å²) in [5.41, 5.74) is 6.47. The Morgan fingerprint density at radius 3 is 2.45 bits per heavy atom. The molecule has 0 saturated carbocycles. The van der Waals surface area contributed by atoms with Crippen LogP contribution in [0.5, 0.6) is 0 Å². The van der Waals surface area contributed by atoms with Crippen molar-refractivity contribution < 1.29 is 9.59 Å². The van der Waals surface area contributed by atoms with Crippen LogP contribution in [0.3, 0.4) is 0 Å². The lowest BCUT2D eigenvalue weighted by Crippen LogP contribution is -2.27. The predicted octanol–water partition coefficient (Wildman–Crippen LogP) is 4.57. The Labute approximate surface area is 193 Å². The van der Waals surface area contributed by atoms with Crippen molar-refractivity contribution in [1.29, 1.82) is 0 Å². The number of nitrogens with one attached hydrogen (secondary N) is 2. The zero-order valence-electron chi connectivity index (χ0n) is 19.2. The van der Waals surface area contributed by atoms with Gasteiger partial charge in [0.05, 0.1) is 11.0 Å². The highest BCUT2D eigenvalue weighted by molar-refractivity contribution is 5.94. The maximum absolute atomic E-state index is 12.9. The number of nitrogens with zero attached hydrogens (tertiary/aromatic N) is 2. The predicted molar refractivity (Wildman–Crippen MR) is 131 cm³/mol. The molecule has 0 aliphatic carbocycles. The zero-order valence-corrected chi connectivity index (χ0v) is 19.2. The first-order chi connectivity index (χ1) is 15.9. The lowest BCUT2D eigenvalue weighted by atomic mass is 10.1. The van der Waals surface area contributed by atoms with Crippen molar-refractivity contribution in [2.45, 2.75) is 33.7 Å². The molecule has 0 aliphatic rings. The molecule has 0 bridgehead atoms. The Hall–Kier alpha value is -3.93. The first kappa shape index (κ1) is 22.3. The molecule has 6 nitrogen and oxygen atoms in total. The third kappa shape index (κ3) is 5.12. The molecular weight excluding hydrogens is 412 g/mol. The number of imidazole rings is 1. The summed E-state index contributed by atoms with van der Waals surface area (Å²) in [7, 11) is 0. The molecule has 0 fully saturated rings. The topological polar surface area (TPSA) is 76.0 Å². The number of rotatable bonds is 7. The van der Waals surface area contributed by atoms with Gasteiger partial charge in [0.2, 0.25) is 5.91 Å². The third-order valence-corrected chi connectivity index (χ3v) is 5.86. The highest BCUT2D eigenvalue weighted by atomic mass is 16.2. The van der Waals surface area contributed by atoms with Crippen LogP contribution in [0, 0.1) is 20.8 Å². The van der Waals surface area contributed by atoms with Gasteiger partial charge in [-0.2, -0.15) is 0 Å². The Morgan fingerprint density at radius 2 is 1.67 bits per heavy atom. The molecule has 0 spiro atoms. The van der Waals surface area contributed by atoms with Crippen molar-refractivity contribution in [3.63, 3.8) is 0 Å². The molecule has 33 heavy (non-hydrogen) atoms. The molecule has 0 unspecified atom stereocenters. The van der Waals surface area contributed by atoms with Gasteiger partial charge in [0, 0.05) is 24.2 Å². The van der Waals surface area contributed by atoms with Gasteiger partial charge in [-0.3, -0.25) is 9.59 Å². The molecular formula is C27H28N4O2. The standard InChI is InChI=1S/C27H28N4O2/c1-18-11-13-21(14-12-18)27(33)28-16-15-25-29-23-8-4-5-10-24(23)31(25)17-26(32)30-22-9-6-7-19(2)20(22)3/h4-14H,15-17H2,1-3H3,(H,28,33)(H,30,32). The van der Waals surface area contributed by atoms with Crippen molar-refractivity contribution in [3.05, 3.63) is 94.8 Å². The second-order valence-corrected chi connectivity index (χ2v) is 8.27. The summed E-state index contributed by atoms with van der Waals surface area (Å²) < 4.78 is 1.92. The van der Waals surface area contributed by atoms with Crippen molar-refractivity contribution in [1.82, 2.24) is 14.9 Å². The van der Waals surface area contributed by atoms with Crippen molar-refractivity contribution in [3.8, 4) is 0 Å². The number of carbonyl (C=O) groups excluding carboxylic acids is 2. The first-order valence-electron chi connectivity index (χ1n) is 11.1. The summed E-state index contributed by atoms with van der Waals surface area (Å²) in [6.45, 7) is 6.59. The summed E-state index contributed by atoms with van der Waals surface area (Å²) in [4.78, 5) is 30.1. The molecule has 168 valence electrons. The van der Waals surface area contributed by atoms with E-state index in [-0.39, 0.29) is 18.4 Å². The summed E-state index contributed by atoms with van der Waals surface area (Å²) in [5, 5.41) is 5.98. The first-order valence-corrected chi connectivity index (χ1v) is 11.1. The Morgan fingerprint density at radius 1 is 0.909 bits per heavy atom. The van der Waals surface area contributed by atoms with Gasteiger partial charge in [-0.05, 0) is 62.2 Å². The van der Waals surface area contributed by atoms with Gasteiger partial charge in [0.25, 0.3) is 5.91 Å². The highest BCUT2D eigenvalue weighted by Gasteiger charge is 2.15. The summed E-state index contributed by atoms with van der Waals surface area (Å²) in [6.07, 6.45) is 0.517. The van der Waals surface area contributed by atoms with Crippen LogP contribution in [-0.2, 0) is 17.8 Å². The average Bonchev–Trinajstić information content (AvgIpc) is 3.14.